The standard InChI is InChI=1S/C15H20N2O/c1-11-8-14(9-12(2)13(11)3)15(16-10-18)6-7-17(4)5/h6-10H,1-5H3/b7-6-,16-15?. The van der Waals surface area contributed by atoms with Gasteiger partial charge in [0.05, 0.1) is 5.71 Å². The van der Waals surface area contributed by atoms with Crippen molar-refractivity contribution in [2.24, 2.45) is 4.99 Å². The summed E-state index contributed by atoms with van der Waals surface area (Å²) in [5, 5.41) is 0. The van der Waals surface area contributed by atoms with Crippen molar-refractivity contribution in [2.45, 2.75) is 20.8 Å². The molecule has 1 rings (SSSR count). The van der Waals surface area contributed by atoms with Gasteiger partial charge in [0.15, 0.2) is 0 Å². The molecule has 0 bridgehead atoms. The summed E-state index contributed by atoms with van der Waals surface area (Å²) in [6.07, 6.45) is 4.31. The highest BCUT2D eigenvalue weighted by Crippen LogP contribution is 2.16. The number of carbonyl (C=O) groups is 1. The number of allylic oxidation sites excluding steroid dienone is 1. The molecule has 0 N–H and O–H groups in total. The minimum Gasteiger partial charge on any atom is -0.383 e. The summed E-state index contributed by atoms with van der Waals surface area (Å²) in [6, 6.07) is 4.12. The number of rotatable bonds is 4. The van der Waals surface area contributed by atoms with Gasteiger partial charge in [0.2, 0.25) is 6.41 Å². The smallest absolute Gasteiger partial charge is 0.233 e. The van der Waals surface area contributed by atoms with E-state index in [2.05, 4.69) is 37.9 Å². The molecule has 0 aromatic heterocycles. The Bertz CT molecular complexity index is 476. The minimum atomic E-state index is 0.583. The van der Waals surface area contributed by atoms with E-state index < -0.39 is 0 Å². The Labute approximate surface area is 109 Å². The van der Waals surface area contributed by atoms with Crippen LogP contribution in [0.4, 0.5) is 0 Å². The van der Waals surface area contributed by atoms with Crippen LogP contribution in [0.1, 0.15) is 22.3 Å². The number of hydrogen-bond acceptors (Lipinski definition) is 2. The van der Waals surface area contributed by atoms with Crippen LogP contribution in [0.15, 0.2) is 29.4 Å². The predicted molar refractivity (Wildman–Crippen MR) is 76.1 cm³/mol. The third kappa shape index (κ3) is 3.55. The number of carbonyl (C=O) groups excluding carboxylic acids is 1. The van der Waals surface area contributed by atoms with E-state index in [1.165, 1.54) is 16.7 Å². The van der Waals surface area contributed by atoms with Gasteiger partial charge >= 0.3 is 0 Å². The largest absolute Gasteiger partial charge is 0.383 e. The number of aryl methyl sites for hydroxylation is 2. The number of benzene rings is 1. The lowest BCUT2D eigenvalue weighted by Crippen LogP contribution is -2.05. The highest BCUT2D eigenvalue weighted by molar-refractivity contribution is 6.11. The van der Waals surface area contributed by atoms with Gasteiger partial charge in [-0.05, 0) is 55.7 Å². The molecule has 0 unspecified atom stereocenters. The van der Waals surface area contributed by atoms with Gasteiger partial charge in [-0.1, -0.05) is 0 Å². The van der Waals surface area contributed by atoms with Crippen LogP contribution in [0.5, 0.6) is 0 Å². The Morgan fingerprint density at radius 1 is 1.17 bits per heavy atom. The Hall–Kier alpha value is -1.90. The van der Waals surface area contributed by atoms with Crippen LogP contribution >= 0.6 is 0 Å². The fraction of sp³-hybridized carbons (Fsp3) is 0.333. The molecule has 0 saturated carbocycles. The quantitative estimate of drug-likeness (QED) is 0.602. The van der Waals surface area contributed by atoms with Gasteiger partial charge in [-0.15, -0.1) is 0 Å². The summed E-state index contributed by atoms with van der Waals surface area (Å²) >= 11 is 0. The zero-order chi connectivity index (χ0) is 13.7. The number of nitrogens with zero attached hydrogens (tertiary/aromatic N) is 2. The van der Waals surface area contributed by atoms with E-state index >= 15 is 0 Å². The zero-order valence-corrected chi connectivity index (χ0v) is 11.7. The van der Waals surface area contributed by atoms with E-state index in [1.54, 1.807) is 0 Å². The van der Waals surface area contributed by atoms with E-state index in [-0.39, 0.29) is 0 Å². The molecule has 0 atom stereocenters. The first-order valence-corrected chi connectivity index (χ1v) is 5.90. The SMILES string of the molecule is Cc1cc(C(/C=C\N(C)C)=NC=O)cc(C)c1C. The van der Waals surface area contributed by atoms with Gasteiger partial charge in [-0.2, -0.15) is 0 Å². The molecule has 0 radical (unpaired) electrons. The second kappa shape index (κ2) is 6.15. The van der Waals surface area contributed by atoms with Crippen molar-refractivity contribution >= 4 is 12.1 Å². The monoisotopic (exact) mass is 244 g/mol. The third-order valence-electron chi connectivity index (χ3n) is 2.95. The topological polar surface area (TPSA) is 32.7 Å². The molecule has 3 heteroatoms. The molecule has 0 aliphatic heterocycles. The van der Waals surface area contributed by atoms with Gasteiger partial charge in [0.1, 0.15) is 0 Å². The number of amides is 1. The molecule has 0 aliphatic rings. The molecule has 0 fully saturated rings. The van der Waals surface area contributed by atoms with E-state index in [1.807, 2.05) is 31.3 Å². The molecule has 0 aliphatic carbocycles. The molecular formula is C15H20N2O. The summed E-state index contributed by atoms with van der Waals surface area (Å²) < 4.78 is 0. The lowest BCUT2D eigenvalue weighted by molar-refractivity contribution is -0.106. The van der Waals surface area contributed by atoms with Crippen LogP contribution in [0.25, 0.3) is 0 Å². The summed E-state index contributed by atoms with van der Waals surface area (Å²) in [5.74, 6) is 0. The number of aliphatic imine (C=N–C) groups is 1. The maximum Gasteiger partial charge on any atom is 0.233 e. The molecule has 0 heterocycles. The number of hydrogen-bond donors (Lipinski definition) is 0. The van der Waals surface area contributed by atoms with E-state index in [9.17, 15) is 4.79 Å². The van der Waals surface area contributed by atoms with Gasteiger partial charge in [-0.25, -0.2) is 4.99 Å². The van der Waals surface area contributed by atoms with Gasteiger partial charge in [0.25, 0.3) is 0 Å². The highest BCUT2D eigenvalue weighted by Gasteiger charge is 2.05. The second-order valence-corrected chi connectivity index (χ2v) is 4.63. The van der Waals surface area contributed by atoms with Crippen molar-refractivity contribution in [2.75, 3.05) is 14.1 Å². The molecular weight excluding hydrogens is 224 g/mol. The molecule has 1 aromatic rings. The Morgan fingerprint density at radius 2 is 1.72 bits per heavy atom. The highest BCUT2D eigenvalue weighted by atomic mass is 16.1. The second-order valence-electron chi connectivity index (χ2n) is 4.63. The summed E-state index contributed by atoms with van der Waals surface area (Å²) in [4.78, 5) is 16.4. The molecule has 0 saturated heterocycles. The lowest BCUT2D eigenvalue weighted by Gasteiger charge is -2.09. The van der Waals surface area contributed by atoms with Crippen LogP contribution in [-0.4, -0.2) is 31.1 Å². The summed E-state index contributed by atoms with van der Waals surface area (Å²) in [6.45, 7) is 6.24. The molecule has 0 spiro atoms. The zero-order valence-electron chi connectivity index (χ0n) is 11.7. The normalized spacial score (nSPS) is 11.9. The van der Waals surface area contributed by atoms with Crippen molar-refractivity contribution in [1.29, 1.82) is 0 Å². The van der Waals surface area contributed by atoms with Crippen LogP contribution in [0, 0.1) is 20.8 Å². The molecule has 1 amide bonds. The van der Waals surface area contributed by atoms with Gasteiger partial charge in [0, 0.05) is 25.9 Å². The fourth-order valence-electron chi connectivity index (χ4n) is 1.67. The van der Waals surface area contributed by atoms with Crippen LogP contribution in [0.2, 0.25) is 0 Å². The van der Waals surface area contributed by atoms with Crippen LogP contribution in [-0.2, 0) is 4.79 Å². The Morgan fingerprint density at radius 3 is 2.17 bits per heavy atom. The van der Waals surface area contributed by atoms with Crippen LogP contribution in [0.3, 0.4) is 0 Å². The van der Waals surface area contributed by atoms with Crippen LogP contribution < -0.4 is 0 Å². The average Bonchev–Trinajstić information content (AvgIpc) is 2.30. The predicted octanol–water partition coefficient (Wildman–Crippen LogP) is 2.63. The maximum absolute atomic E-state index is 10.6. The maximum atomic E-state index is 10.6. The van der Waals surface area contributed by atoms with Gasteiger partial charge < -0.3 is 4.90 Å². The Kier molecular flexibility index (Phi) is 4.84. The van der Waals surface area contributed by atoms with Gasteiger partial charge in [-0.3, -0.25) is 4.79 Å². The first-order valence-electron chi connectivity index (χ1n) is 5.90. The molecule has 96 valence electrons. The molecule has 18 heavy (non-hydrogen) atoms. The molecule has 1 aromatic carbocycles. The average molecular weight is 244 g/mol. The van der Waals surface area contributed by atoms with Crippen molar-refractivity contribution in [3.05, 3.63) is 46.7 Å². The first-order chi connectivity index (χ1) is 8.45. The van der Waals surface area contributed by atoms with E-state index in [0.29, 0.717) is 12.1 Å². The summed E-state index contributed by atoms with van der Waals surface area (Å²) in [7, 11) is 3.86. The van der Waals surface area contributed by atoms with Crippen molar-refractivity contribution < 1.29 is 4.79 Å². The van der Waals surface area contributed by atoms with E-state index in [0.717, 1.165) is 5.56 Å². The first kappa shape index (κ1) is 14.2. The van der Waals surface area contributed by atoms with Crippen molar-refractivity contribution in [3.8, 4) is 0 Å². The lowest BCUT2D eigenvalue weighted by atomic mass is 9.98. The molecule has 3 nitrogen and oxygen atoms in total. The minimum absolute atomic E-state index is 0.583. The third-order valence-corrected chi connectivity index (χ3v) is 2.95. The van der Waals surface area contributed by atoms with E-state index in [4.69, 9.17) is 0 Å². The Balaban J connectivity index is 3.23. The van der Waals surface area contributed by atoms with Crippen molar-refractivity contribution in [1.82, 2.24) is 4.90 Å². The van der Waals surface area contributed by atoms with Crippen molar-refractivity contribution in [3.63, 3.8) is 0 Å². The fourth-order valence-corrected chi connectivity index (χ4v) is 1.67. The summed E-state index contributed by atoms with van der Waals surface area (Å²) in [5.41, 5.74) is 5.36.